The standard InChI is InChI=1S/C8H10I2S/c1-8(2,3)7-6(10)5(9)4-11-7/h4H,1-3H3. The summed E-state index contributed by atoms with van der Waals surface area (Å²) in [5, 5.41) is 2.23. The maximum atomic E-state index is 2.43. The van der Waals surface area contributed by atoms with Crippen LogP contribution in [0.1, 0.15) is 25.6 Å². The molecule has 11 heavy (non-hydrogen) atoms. The van der Waals surface area contributed by atoms with Crippen LogP contribution in [0.3, 0.4) is 0 Å². The molecule has 1 aromatic rings. The van der Waals surface area contributed by atoms with Gasteiger partial charge in [0.15, 0.2) is 0 Å². The van der Waals surface area contributed by atoms with Crippen molar-refractivity contribution in [3.63, 3.8) is 0 Å². The highest BCUT2D eigenvalue weighted by molar-refractivity contribution is 14.1. The van der Waals surface area contributed by atoms with Crippen molar-refractivity contribution in [3.05, 3.63) is 17.4 Å². The molecular formula is C8H10I2S. The molecule has 0 aliphatic carbocycles. The molecule has 0 aliphatic heterocycles. The highest BCUT2D eigenvalue weighted by atomic mass is 127. The minimum atomic E-state index is 0.310. The second-order valence-electron chi connectivity index (χ2n) is 3.48. The molecule has 3 heteroatoms. The van der Waals surface area contributed by atoms with Crippen LogP contribution < -0.4 is 0 Å². The quantitative estimate of drug-likeness (QED) is 0.580. The maximum Gasteiger partial charge on any atom is 0.0408 e. The maximum absolute atomic E-state index is 2.43. The predicted octanol–water partition coefficient (Wildman–Crippen LogP) is 4.25. The van der Waals surface area contributed by atoms with Crippen molar-refractivity contribution >= 4 is 56.5 Å². The normalized spacial score (nSPS) is 12.1. The number of halogens is 2. The fraction of sp³-hybridized carbons (Fsp3) is 0.500. The molecule has 0 fully saturated rings. The van der Waals surface area contributed by atoms with Crippen molar-refractivity contribution in [3.8, 4) is 0 Å². The summed E-state index contributed by atoms with van der Waals surface area (Å²) in [6.07, 6.45) is 0. The van der Waals surface area contributed by atoms with Gasteiger partial charge in [-0.1, -0.05) is 20.8 Å². The van der Waals surface area contributed by atoms with E-state index in [9.17, 15) is 0 Å². The van der Waals surface area contributed by atoms with E-state index < -0.39 is 0 Å². The molecule has 1 aromatic heterocycles. The van der Waals surface area contributed by atoms with E-state index in [4.69, 9.17) is 0 Å². The number of rotatable bonds is 0. The second-order valence-corrected chi connectivity index (χ2v) is 6.60. The van der Waals surface area contributed by atoms with Crippen LogP contribution in [0, 0.1) is 7.14 Å². The third-order valence-electron chi connectivity index (χ3n) is 1.37. The SMILES string of the molecule is CC(C)(C)c1scc(I)c1I. The van der Waals surface area contributed by atoms with E-state index in [1.165, 1.54) is 12.0 Å². The topological polar surface area (TPSA) is 0 Å². The molecule has 0 N–H and O–H groups in total. The van der Waals surface area contributed by atoms with Crippen molar-refractivity contribution in [1.82, 2.24) is 0 Å². The highest BCUT2D eigenvalue weighted by Crippen LogP contribution is 2.34. The molecule has 0 aromatic carbocycles. The van der Waals surface area contributed by atoms with Gasteiger partial charge in [0.1, 0.15) is 0 Å². The van der Waals surface area contributed by atoms with Gasteiger partial charge in [0.2, 0.25) is 0 Å². The molecule has 0 saturated heterocycles. The van der Waals surface area contributed by atoms with Crippen molar-refractivity contribution < 1.29 is 0 Å². The fourth-order valence-electron chi connectivity index (χ4n) is 0.829. The van der Waals surface area contributed by atoms with Gasteiger partial charge in [-0.2, -0.15) is 0 Å². The largest absolute Gasteiger partial charge is 0.146 e. The third-order valence-corrected chi connectivity index (χ3v) is 6.57. The van der Waals surface area contributed by atoms with E-state index in [1.807, 2.05) is 11.3 Å². The van der Waals surface area contributed by atoms with Gasteiger partial charge in [-0.15, -0.1) is 11.3 Å². The number of hydrogen-bond donors (Lipinski definition) is 0. The first kappa shape index (κ1) is 10.2. The third kappa shape index (κ3) is 2.30. The highest BCUT2D eigenvalue weighted by Gasteiger charge is 2.20. The lowest BCUT2D eigenvalue weighted by molar-refractivity contribution is 0.600. The van der Waals surface area contributed by atoms with E-state index in [1.54, 1.807) is 0 Å². The average molecular weight is 392 g/mol. The smallest absolute Gasteiger partial charge is 0.0408 e. The Kier molecular flexibility index (Phi) is 3.25. The van der Waals surface area contributed by atoms with Crippen LogP contribution in [-0.4, -0.2) is 0 Å². The minimum Gasteiger partial charge on any atom is -0.146 e. The van der Waals surface area contributed by atoms with Gasteiger partial charge in [0.05, 0.1) is 0 Å². The zero-order chi connectivity index (χ0) is 8.65. The van der Waals surface area contributed by atoms with E-state index in [0.29, 0.717) is 5.41 Å². The van der Waals surface area contributed by atoms with Crippen LogP contribution in [0.4, 0.5) is 0 Å². The Morgan fingerprint density at radius 1 is 1.27 bits per heavy atom. The first-order valence-electron chi connectivity index (χ1n) is 3.36. The zero-order valence-corrected chi connectivity index (χ0v) is 11.9. The molecule has 0 spiro atoms. The van der Waals surface area contributed by atoms with E-state index >= 15 is 0 Å². The number of thiophene rings is 1. The summed E-state index contributed by atoms with van der Waals surface area (Å²) < 4.78 is 2.82. The Hall–Kier alpha value is 1.16. The average Bonchev–Trinajstić information content (AvgIpc) is 2.11. The van der Waals surface area contributed by atoms with Crippen LogP contribution in [0.2, 0.25) is 0 Å². The fourth-order valence-corrected chi connectivity index (χ4v) is 4.13. The minimum absolute atomic E-state index is 0.310. The molecule has 1 heterocycles. The van der Waals surface area contributed by atoms with Gasteiger partial charge in [-0.05, 0) is 50.6 Å². The van der Waals surface area contributed by atoms with Gasteiger partial charge >= 0.3 is 0 Å². The lowest BCUT2D eigenvalue weighted by atomic mass is 9.95. The molecule has 0 bridgehead atoms. The Morgan fingerprint density at radius 2 is 1.82 bits per heavy atom. The first-order valence-corrected chi connectivity index (χ1v) is 6.39. The van der Waals surface area contributed by atoms with Crippen molar-refractivity contribution in [2.75, 3.05) is 0 Å². The predicted molar refractivity (Wildman–Crippen MR) is 68.5 cm³/mol. The van der Waals surface area contributed by atoms with E-state index in [0.717, 1.165) is 0 Å². The summed E-state index contributed by atoms with van der Waals surface area (Å²) in [4.78, 5) is 1.50. The molecule has 1 rings (SSSR count). The molecular weight excluding hydrogens is 382 g/mol. The number of hydrogen-bond acceptors (Lipinski definition) is 1. The molecule has 0 amide bonds. The van der Waals surface area contributed by atoms with Gasteiger partial charge in [-0.3, -0.25) is 0 Å². The summed E-state index contributed by atoms with van der Waals surface area (Å²) >= 11 is 6.68. The van der Waals surface area contributed by atoms with Gasteiger partial charge in [0, 0.05) is 17.4 Å². The summed E-state index contributed by atoms with van der Waals surface area (Å²) in [5.74, 6) is 0. The van der Waals surface area contributed by atoms with E-state index in [-0.39, 0.29) is 0 Å². The van der Waals surface area contributed by atoms with Crippen molar-refractivity contribution in [2.45, 2.75) is 26.2 Å². The van der Waals surface area contributed by atoms with Crippen molar-refractivity contribution in [2.24, 2.45) is 0 Å². The van der Waals surface area contributed by atoms with Crippen LogP contribution in [-0.2, 0) is 5.41 Å². The lowest BCUT2D eigenvalue weighted by Crippen LogP contribution is -2.10. The Labute approximate surface area is 99.1 Å². The van der Waals surface area contributed by atoms with Crippen LogP contribution in [0.15, 0.2) is 5.38 Å². The Balaban J connectivity index is 3.15. The first-order chi connectivity index (χ1) is 4.93. The summed E-state index contributed by atoms with van der Waals surface area (Å²) in [6.45, 7) is 6.78. The zero-order valence-electron chi connectivity index (χ0n) is 6.74. The van der Waals surface area contributed by atoms with Crippen LogP contribution in [0.5, 0.6) is 0 Å². The Bertz CT molecular complexity index is 258. The van der Waals surface area contributed by atoms with Crippen LogP contribution in [0.25, 0.3) is 0 Å². The van der Waals surface area contributed by atoms with E-state index in [2.05, 4.69) is 71.3 Å². The molecule has 0 saturated carbocycles. The monoisotopic (exact) mass is 392 g/mol. The van der Waals surface area contributed by atoms with Gasteiger partial charge < -0.3 is 0 Å². The second kappa shape index (κ2) is 3.49. The molecule has 0 aliphatic rings. The Morgan fingerprint density at radius 3 is 2.00 bits per heavy atom. The molecule has 0 atom stereocenters. The summed E-state index contributed by atoms with van der Waals surface area (Å²) in [5.41, 5.74) is 0.310. The van der Waals surface area contributed by atoms with Gasteiger partial charge in [0.25, 0.3) is 0 Å². The molecule has 0 nitrogen and oxygen atoms in total. The van der Waals surface area contributed by atoms with Crippen molar-refractivity contribution in [1.29, 1.82) is 0 Å². The lowest BCUT2D eigenvalue weighted by Gasteiger charge is -2.16. The summed E-state index contributed by atoms with van der Waals surface area (Å²) in [7, 11) is 0. The summed E-state index contributed by atoms with van der Waals surface area (Å²) in [6, 6.07) is 0. The van der Waals surface area contributed by atoms with Crippen LogP contribution >= 0.6 is 56.5 Å². The van der Waals surface area contributed by atoms with Gasteiger partial charge in [-0.25, -0.2) is 0 Å². The molecule has 0 radical (unpaired) electrons. The molecule has 0 unspecified atom stereocenters. The molecule has 62 valence electrons.